The summed E-state index contributed by atoms with van der Waals surface area (Å²) in [6.07, 6.45) is 1.48. The largest absolute Gasteiger partial charge is 0.390 e. The molecule has 0 fully saturated rings. The maximum absolute atomic E-state index is 14.3. The molecule has 2 amide bonds. The standard InChI is InChI=1S/C29H25F2N9O3/c1-37(2)28(41)19-5-3-18(4-6-19)16-43-34-27-22-13-20(30)7-9-24(22)40(29(27)42)15-26-33-23-14-21(31)8-10-25(23)39(26)12-11-38-17-32-35-36-38/h3-10,13-14,17H,11-12,15-16H2,1-2H3. The Labute approximate surface area is 243 Å². The first-order valence-corrected chi connectivity index (χ1v) is 13.3. The molecule has 0 aliphatic carbocycles. The Morgan fingerprint density at radius 2 is 1.77 bits per heavy atom. The maximum atomic E-state index is 14.3. The molecule has 14 heteroatoms. The zero-order valence-electron chi connectivity index (χ0n) is 23.2. The van der Waals surface area contributed by atoms with Gasteiger partial charge in [-0.15, -0.1) is 5.10 Å². The Kier molecular flexibility index (Phi) is 7.32. The van der Waals surface area contributed by atoms with Crippen LogP contribution in [0.4, 0.5) is 14.5 Å². The average Bonchev–Trinajstić information content (AvgIpc) is 3.69. The van der Waals surface area contributed by atoms with E-state index < -0.39 is 17.5 Å². The monoisotopic (exact) mass is 585 g/mol. The van der Waals surface area contributed by atoms with Gasteiger partial charge >= 0.3 is 0 Å². The molecule has 3 heterocycles. The maximum Gasteiger partial charge on any atom is 0.281 e. The number of carbonyl (C=O) groups is 2. The minimum atomic E-state index is -0.536. The minimum Gasteiger partial charge on any atom is -0.390 e. The number of anilines is 1. The molecule has 1 aliphatic heterocycles. The molecular weight excluding hydrogens is 560 g/mol. The van der Waals surface area contributed by atoms with Gasteiger partial charge in [0, 0.05) is 37.8 Å². The van der Waals surface area contributed by atoms with E-state index in [9.17, 15) is 18.4 Å². The summed E-state index contributed by atoms with van der Waals surface area (Å²) in [4.78, 5) is 38.8. The van der Waals surface area contributed by atoms with Gasteiger partial charge in [-0.25, -0.2) is 18.4 Å². The molecule has 5 aromatic rings. The Balaban J connectivity index is 1.26. The fraction of sp³-hybridized carbons (Fsp3) is 0.207. The van der Waals surface area contributed by atoms with Gasteiger partial charge in [-0.2, -0.15) is 0 Å². The highest BCUT2D eigenvalue weighted by molar-refractivity contribution is 6.54. The number of benzene rings is 3. The molecule has 6 rings (SSSR count). The zero-order chi connectivity index (χ0) is 30.1. The highest BCUT2D eigenvalue weighted by atomic mass is 19.1. The lowest BCUT2D eigenvalue weighted by Crippen LogP contribution is -2.31. The summed E-state index contributed by atoms with van der Waals surface area (Å²) >= 11 is 0. The molecule has 0 unspecified atom stereocenters. The van der Waals surface area contributed by atoms with Crippen LogP contribution >= 0.6 is 0 Å². The van der Waals surface area contributed by atoms with Gasteiger partial charge in [-0.1, -0.05) is 17.3 Å². The number of tetrazole rings is 1. The highest BCUT2D eigenvalue weighted by Gasteiger charge is 2.36. The summed E-state index contributed by atoms with van der Waals surface area (Å²) in [5.74, 6) is -1.12. The minimum absolute atomic E-state index is 0.00373. The smallest absolute Gasteiger partial charge is 0.281 e. The van der Waals surface area contributed by atoms with Crippen LogP contribution in [0.5, 0.6) is 0 Å². The summed E-state index contributed by atoms with van der Waals surface area (Å²) in [5, 5.41) is 15.3. The van der Waals surface area contributed by atoms with E-state index in [2.05, 4.69) is 25.7 Å². The lowest BCUT2D eigenvalue weighted by Gasteiger charge is -2.18. The van der Waals surface area contributed by atoms with Crippen molar-refractivity contribution in [3.63, 3.8) is 0 Å². The van der Waals surface area contributed by atoms with Crippen molar-refractivity contribution < 1.29 is 23.2 Å². The van der Waals surface area contributed by atoms with E-state index in [1.807, 2.05) is 4.57 Å². The van der Waals surface area contributed by atoms with Gasteiger partial charge in [-0.05, 0) is 58.5 Å². The second-order valence-corrected chi connectivity index (χ2v) is 10.0. The van der Waals surface area contributed by atoms with Crippen molar-refractivity contribution in [2.75, 3.05) is 19.0 Å². The molecule has 1 aliphatic rings. The molecule has 0 bridgehead atoms. The van der Waals surface area contributed by atoms with Crippen LogP contribution in [0, 0.1) is 11.6 Å². The van der Waals surface area contributed by atoms with Crippen molar-refractivity contribution >= 4 is 34.2 Å². The molecule has 0 saturated heterocycles. The number of fused-ring (bicyclic) bond motifs is 2. The van der Waals surface area contributed by atoms with Crippen molar-refractivity contribution in [2.45, 2.75) is 26.2 Å². The van der Waals surface area contributed by atoms with Crippen molar-refractivity contribution in [1.82, 2.24) is 34.7 Å². The third-order valence-corrected chi connectivity index (χ3v) is 6.98. The quantitative estimate of drug-likeness (QED) is 0.244. The fourth-order valence-electron chi connectivity index (χ4n) is 4.85. The Morgan fingerprint density at radius 3 is 2.51 bits per heavy atom. The fourth-order valence-corrected chi connectivity index (χ4v) is 4.85. The van der Waals surface area contributed by atoms with E-state index in [1.165, 1.54) is 46.5 Å². The molecule has 218 valence electrons. The number of halogens is 2. The number of imidazole rings is 1. The van der Waals surface area contributed by atoms with Gasteiger partial charge in [0.1, 0.15) is 30.4 Å². The highest BCUT2D eigenvalue weighted by Crippen LogP contribution is 2.32. The number of amides is 2. The average molecular weight is 586 g/mol. The second-order valence-electron chi connectivity index (χ2n) is 10.0. The molecule has 0 radical (unpaired) electrons. The van der Waals surface area contributed by atoms with Gasteiger partial charge in [0.2, 0.25) is 0 Å². The van der Waals surface area contributed by atoms with Crippen molar-refractivity contribution in [3.05, 3.63) is 101 Å². The van der Waals surface area contributed by atoms with E-state index >= 15 is 0 Å². The zero-order valence-corrected chi connectivity index (χ0v) is 23.2. The first-order valence-electron chi connectivity index (χ1n) is 13.3. The van der Waals surface area contributed by atoms with E-state index in [4.69, 9.17) is 4.84 Å². The van der Waals surface area contributed by atoms with Crippen LogP contribution in [0.3, 0.4) is 0 Å². The third-order valence-electron chi connectivity index (χ3n) is 6.98. The first kappa shape index (κ1) is 27.6. The predicted molar refractivity (Wildman–Crippen MR) is 151 cm³/mol. The number of aryl methyl sites for hydroxylation is 2. The van der Waals surface area contributed by atoms with Crippen molar-refractivity contribution in [2.24, 2.45) is 5.16 Å². The van der Waals surface area contributed by atoms with Crippen LogP contribution in [0.1, 0.15) is 27.3 Å². The van der Waals surface area contributed by atoms with Crippen LogP contribution in [-0.4, -0.2) is 66.3 Å². The Bertz CT molecular complexity index is 1850. The lowest BCUT2D eigenvalue weighted by molar-refractivity contribution is -0.112. The van der Waals surface area contributed by atoms with Crippen molar-refractivity contribution in [3.8, 4) is 0 Å². The number of hydrogen-bond donors (Lipinski definition) is 0. The van der Waals surface area contributed by atoms with E-state index in [1.54, 1.807) is 49.1 Å². The molecule has 12 nitrogen and oxygen atoms in total. The topological polar surface area (TPSA) is 124 Å². The number of aromatic nitrogens is 6. The number of hydrogen-bond acceptors (Lipinski definition) is 8. The van der Waals surface area contributed by atoms with E-state index in [0.717, 1.165) is 5.56 Å². The molecule has 0 spiro atoms. The van der Waals surface area contributed by atoms with Crippen LogP contribution in [0.25, 0.3) is 11.0 Å². The lowest BCUT2D eigenvalue weighted by atomic mass is 10.1. The summed E-state index contributed by atoms with van der Waals surface area (Å²) in [6.45, 7) is 0.827. The molecule has 2 aromatic heterocycles. The second kappa shape index (κ2) is 11.4. The third kappa shape index (κ3) is 5.54. The Morgan fingerprint density at radius 1 is 1.00 bits per heavy atom. The van der Waals surface area contributed by atoms with Gasteiger partial charge in [0.05, 0.1) is 29.8 Å². The normalized spacial score (nSPS) is 13.6. The molecule has 43 heavy (non-hydrogen) atoms. The SMILES string of the molecule is CN(C)C(=O)c1ccc(CON=C2C(=O)N(Cc3nc4cc(F)ccc4n3CCn3cnnn3)c3ccc(F)cc32)cc1. The van der Waals surface area contributed by atoms with Crippen molar-refractivity contribution in [1.29, 1.82) is 0 Å². The van der Waals surface area contributed by atoms with Crippen LogP contribution < -0.4 is 4.90 Å². The number of oxime groups is 1. The van der Waals surface area contributed by atoms with E-state index in [0.29, 0.717) is 41.2 Å². The van der Waals surface area contributed by atoms with Crippen LogP contribution in [0.2, 0.25) is 0 Å². The van der Waals surface area contributed by atoms with Gasteiger partial charge in [0.15, 0.2) is 5.71 Å². The Hall–Kier alpha value is -5.53. The van der Waals surface area contributed by atoms with Crippen LogP contribution in [-0.2, 0) is 35.9 Å². The molecule has 0 saturated carbocycles. The summed E-state index contributed by atoms with van der Waals surface area (Å²) < 4.78 is 31.8. The number of rotatable bonds is 9. The van der Waals surface area contributed by atoms with E-state index in [-0.39, 0.29) is 30.3 Å². The molecule has 3 aromatic carbocycles. The summed E-state index contributed by atoms with van der Waals surface area (Å²) in [7, 11) is 3.34. The first-order chi connectivity index (χ1) is 20.8. The van der Waals surface area contributed by atoms with Gasteiger partial charge < -0.3 is 14.3 Å². The molecular formula is C29H25F2N9O3. The summed E-state index contributed by atoms with van der Waals surface area (Å²) in [6, 6.07) is 15.1. The number of carbonyl (C=O) groups excluding carboxylic acids is 2. The predicted octanol–water partition coefficient (Wildman–Crippen LogP) is 3.17. The molecule has 0 atom stereocenters. The van der Waals surface area contributed by atoms with Crippen LogP contribution in [0.15, 0.2) is 72.1 Å². The summed E-state index contributed by atoms with van der Waals surface area (Å²) in [5.41, 5.74) is 3.00. The van der Waals surface area contributed by atoms with Gasteiger partial charge in [0.25, 0.3) is 11.8 Å². The molecule has 0 N–H and O–H groups in total. The number of nitrogens with zero attached hydrogens (tertiary/aromatic N) is 9. The van der Waals surface area contributed by atoms with Gasteiger partial charge in [-0.3, -0.25) is 14.5 Å².